The lowest BCUT2D eigenvalue weighted by molar-refractivity contribution is 0.521. The molecular formula is C30H29NO. The molecule has 0 saturated heterocycles. The maximum atomic E-state index is 6.12. The van der Waals surface area contributed by atoms with E-state index in [4.69, 9.17) is 4.42 Å². The SMILES string of the molecule is C=C/C=C\C(=C/C=C)N(/C(C=C)=c1\c(/C=C\C=C)c(C=C)o\c1=C\C=C)c1ccccc1. The van der Waals surface area contributed by atoms with E-state index in [2.05, 4.69) is 44.4 Å². The van der Waals surface area contributed by atoms with Gasteiger partial charge < -0.3 is 9.32 Å². The smallest absolute Gasteiger partial charge is 0.137 e. The van der Waals surface area contributed by atoms with Crippen LogP contribution in [0.2, 0.25) is 0 Å². The molecule has 0 aliphatic carbocycles. The Balaban J connectivity index is 3.14. The van der Waals surface area contributed by atoms with E-state index in [9.17, 15) is 0 Å². The summed E-state index contributed by atoms with van der Waals surface area (Å²) in [4.78, 5) is 2.10. The molecule has 0 bridgehead atoms. The Morgan fingerprint density at radius 2 is 1.56 bits per heavy atom. The average molecular weight is 420 g/mol. The van der Waals surface area contributed by atoms with Crippen LogP contribution in [-0.4, -0.2) is 0 Å². The first-order valence-electron chi connectivity index (χ1n) is 10.2. The van der Waals surface area contributed by atoms with Crippen molar-refractivity contribution in [3.8, 4) is 0 Å². The number of para-hydroxylation sites is 1. The number of nitrogens with zero attached hydrogens (tertiary/aromatic N) is 1. The van der Waals surface area contributed by atoms with Crippen molar-refractivity contribution in [3.63, 3.8) is 0 Å². The largest absolute Gasteiger partial charge is 0.456 e. The highest BCUT2D eigenvalue weighted by molar-refractivity contribution is 5.82. The fourth-order valence-electron chi connectivity index (χ4n) is 3.25. The van der Waals surface area contributed by atoms with E-state index >= 15 is 0 Å². The zero-order chi connectivity index (χ0) is 23.3. The van der Waals surface area contributed by atoms with E-state index < -0.39 is 0 Å². The maximum absolute atomic E-state index is 6.12. The first-order valence-corrected chi connectivity index (χ1v) is 10.2. The van der Waals surface area contributed by atoms with Gasteiger partial charge in [0.2, 0.25) is 0 Å². The molecule has 1 aromatic heterocycles. The van der Waals surface area contributed by atoms with E-state index in [1.807, 2.05) is 72.9 Å². The number of anilines is 1. The lowest BCUT2D eigenvalue weighted by atomic mass is 10.1. The van der Waals surface area contributed by atoms with E-state index in [0.29, 0.717) is 11.2 Å². The van der Waals surface area contributed by atoms with Crippen LogP contribution in [0.1, 0.15) is 11.3 Å². The molecule has 0 saturated carbocycles. The Hall–Kier alpha value is -4.30. The topological polar surface area (TPSA) is 16.4 Å². The standard InChI is InChI=1S/C30H29NO/c1-7-13-20-24(18-9-3)31(25-21-16-15-17-22-25)27(11-5)30-26(23-14-8-2)28(12-6)32-29(30)19-10-4/h7-23H,1-6H2/b20-13-,23-14-,24-18+,29-19+,30-27+. The summed E-state index contributed by atoms with van der Waals surface area (Å²) in [5.74, 6) is 0.648. The lowest BCUT2D eigenvalue weighted by Gasteiger charge is -2.27. The molecule has 0 N–H and O–H groups in total. The Morgan fingerprint density at radius 1 is 0.844 bits per heavy atom. The summed E-state index contributed by atoms with van der Waals surface area (Å²) >= 11 is 0. The van der Waals surface area contributed by atoms with Crippen LogP contribution in [0.5, 0.6) is 0 Å². The maximum Gasteiger partial charge on any atom is 0.137 e. The van der Waals surface area contributed by atoms with Crippen LogP contribution >= 0.6 is 0 Å². The van der Waals surface area contributed by atoms with Crippen molar-refractivity contribution < 1.29 is 4.42 Å². The zero-order valence-electron chi connectivity index (χ0n) is 18.4. The van der Waals surface area contributed by atoms with Gasteiger partial charge >= 0.3 is 0 Å². The van der Waals surface area contributed by atoms with Crippen LogP contribution in [0.4, 0.5) is 5.69 Å². The van der Waals surface area contributed by atoms with Gasteiger partial charge in [-0.3, -0.25) is 0 Å². The van der Waals surface area contributed by atoms with Gasteiger partial charge in [-0.25, -0.2) is 0 Å². The minimum atomic E-state index is 0.648. The molecule has 0 unspecified atom stereocenters. The third kappa shape index (κ3) is 5.44. The van der Waals surface area contributed by atoms with Crippen molar-refractivity contribution in [1.29, 1.82) is 0 Å². The molecule has 0 amide bonds. The van der Waals surface area contributed by atoms with Crippen LogP contribution in [0.15, 0.2) is 135 Å². The van der Waals surface area contributed by atoms with Gasteiger partial charge in [0.1, 0.15) is 11.2 Å². The molecule has 2 rings (SSSR count). The van der Waals surface area contributed by atoms with Crippen LogP contribution in [0.25, 0.3) is 23.9 Å². The summed E-state index contributed by atoms with van der Waals surface area (Å²) in [6.07, 6.45) is 21.8. The molecule has 0 aliphatic rings. The van der Waals surface area contributed by atoms with Gasteiger partial charge in [0.15, 0.2) is 0 Å². The normalized spacial score (nSPS) is 13.1. The van der Waals surface area contributed by atoms with E-state index in [1.54, 1.807) is 30.4 Å². The summed E-state index contributed by atoms with van der Waals surface area (Å²) in [5.41, 5.74) is 4.18. The van der Waals surface area contributed by atoms with Gasteiger partial charge in [-0.1, -0.05) is 100 Å². The average Bonchev–Trinajstić information content (AvgIpc) is 3.16. The van der Waals surface area contributed by atoms with Gasteiger partial charge in [0, 0.05) is 16.9 Å². The molecule has 0 atom stereocenters. The zero-order valence-corrected chi connectivity index (χ0v) is 18.4. The molecule has 0 aliphatic heterocycles. The molecule has 2 aromatic rings. The molecule has 0 radical (unpaired) electrons. The highest BCUT2D eigenvalue weighted by atomic mass is 16.3. The number of benzene rings is 1. The van der Waals surface area contributed by atoms with Crippen LogP contribution in [0.3, 0.4) is 0 Å². The second-order valence-electron chi connectivity index (χ2n) is 6.50. The fourth-order valence-corrected chi connectivity index (χ4v) is 3.25. The Morgan fingerprint density at radius 3 is 2.12 bits per heavy atom. The van der Waals surface area contributed by atoms with Crippen molar-refractivity contribution in [3.05, 3.63) is 152 Å². The summed E-state index contributed by atoms with van der Waals surface area (Å²) in [6.45, 7) is 23.4. The third-order valence-corrected chi connectivity index (χ3v) is 4.51. The predicted molar refractivity (Wildman–Crippen MR) is 142 cm³/mol. The molecule has 0 spiro atoms. The Kier molecular flexibility index (Phi) is 9.30. The first-order chi connectivity index (χ1) is 15.7. The molecule has 1 heterocycles. The highest BCUT2D eigenvalue weighted by Crippen LogP contribution is 2.26. The summed E-state index contributed by atoms with van der Waals surface area (Å²) in [6, 6.07) is 10.0. The second kappa shape index (κ2) is 12.4. The monoisotopic (exact) mass is 419 g/mol. The van der Waals surface area contributed by atoms with Crippen molar-refractivity contribution in [1.82, 2.24) is 0 Å². The van der Waals surface area contributed by atoms with Crippen molar-refractivity contribution in [2.24, 2.45) is 0 Å². The molecule has 0 fully saturated rings. The quantitative estimate of drug-likeness (QED) is 0.377. The van der Waals surface area contributed by atoms with Crippen molar-refractivity contribution in [2.45, 2.75) is 0 Å². The van der Waals surface area contributed by atoms with Gasteiger partial charge in [-0.15, -0.1) is 0 Å². The van der Waals surface area contributed by atoms with E-state index in [0.717, 1.165) is 27.9 Å². The van der Waals surface area contributed by atoms with Crippen LogP contribution in [0, 0.1) is 0 Å². The number of rotatable bonds is 11. The minimum Gasteiger partial charge on any atom is -0.456 e. The molecule has 2 heteroatoms. The Bertz CT molecular complexity index is 1210. The van der Waals surface area contributed by atoms with Crippen LogP contribution in [-0.2, 0) is 0 Å². The summed E-state index contributed by atoms with van der Waals surface area (Å²) < 4.78 is 6.12. The third-order valence-electron chi connectivity index (χ3n) is 4.51. The van der Waals surface area contributed by atoms with Crippen molar-refractivity contribution >= 4 is 29.6 Å². The number of allylic oxidation sites excluding steroid dienone is 8. The predicted octanol–water partition coefficient (Wildman–Crippen LogP) is 6.70. The number of furan rings is 1. The number of hydrogen-bond acceptors (Lipinski definition) is 2. The highest BCUT2D eigenvalue weighted by Gasteiger charge is 2.18. The van der Waals surface area contributed by atoms with Gasteiger partial charge in [-0.05, 0) is 42.5 Å². The van der Waals surface area contributed by atoms with Gasteiger partial charge in [0.05, 0.1) is 10.9 Å². The first kappa shape index (κ1) is 24.0. The molecule has 160 valence electrons. The van der Waals surface area contributed by atoms with E-state index in [1.165, 1.54) is 0 Å². The molecular weight excluding hydrogens is 390 g/mol. The molecule has 32 heavy (non-hydrogen) atoms. The second-order valence-corrected chi connectivity index (χ2v) is 6.50. The summed E-state index contributed by atoms with van der Waals surface area (Å²) in [7, 11) is 0. The summed E-state index contributed by atoms with van der Waals surface area (Å²) in [5, 5.41) is 0.860. The Labute approximate surface area is 191 Å². The number of hydrogen-bond donors (Lipinski definition) is 0. The molecule has 2 nitrogen and oxygen atoms in total. The fraction of sp³-hybridized carbons (Fsp3) is 0. The van der Waals surface area contributed by atoms with Crippen LogP contribution < -0.4 is 15.5 Å². The van der Waals surface area contributed by atoms with Gasteiger partial charge in [0.25, 0.3) is 0 Å². The van der Waals surface area contributed by atoms with Gasteiger partial charge in [-0.2, -0.15) is 0 Å². The minimum absolute atomic E-state index is 0.648. The molecule has 1 aromatic carbocycles. The lowest BCUT2D eigenvalue weighted by Crippen LogP contribution is -2.32. The van der Waals surface area contributed by atoms with Crippen molar-refractivity contribution in [2.75, 3.05) is 4.90 Å². The van der Waals surface area contributed by atoms with E-state index in [-0.39, 0.29) is 0 Å².